The van der Waals surface area contributed by atoms with Crippen LogP contribution in [-0.4, -0.2) is 53.4 Å². The Labute approximate surface area is 202 Å². The third-order valence-electron chi connectivity index (χ3n) is 4.94. The molecule has 0 bridgehead atoms. The van der Waals surface area contributed by atoms with Gasteiger partial charge in [-0.15, -0.1) is 0 Å². The highest BCUT2D eigenvalue weighted by Gasteiger charge is 2.22. The Morgan fingerprint density at radius 2 is 1.47 bits per heavy atom. The monoisotopic (exact) mass is 489 g/mol. The number of halogens is 1. The maximum atomic E-state index is 12.3. The van der Waals surface area contributed by atoms with Crippen molar-refractivity contribution in [2.24, 2.45) is 11.5 Å². The number of amides is 4. The minimum Gasteiger partial charge on any atom is -0.508 e. The minimum atomic E-state index is -0.972. The molecule has 11 heteroatoms. The number of phenols is 1. The highest BCUT2D eigenvalue weighted by atomic mass is 35.5. The second-order valence-electron chi connectivity index (χ2n) is 7.78. The van der Waals surface area contributed by atoms with Crippen LogP contribution in [0, 0.1) is 0 Å². The van der Waals surface area contributed by atoms with Crippen molar-refractivity contribution in [2.45, 2.75) is 37.9 Å². The number of aromatic hydroxyl groups is 1. The lowest BCUT2D eigenvalue weighted by molar-refractivity contribution is -0.131. The van der Waals surface area contributed by atoms with Gasteiger partial charge in [0.2, 0.25) is 23.6 Å². The Kier molecular flexibility index (Phi) is 9.84. The summed E-state index contributed by atoms with van der Waals surface area (Å²) >= 11 is 5.84. The molecule has 0 aliphatic rings. The van der Waals surface area contributed by atoms with Crippen LogP contribution in [0.4, 0.5) is 0 Å². The molecule has 0 saturated carbocycles. The molecule has 2 rings (SSSR count). The summed E-state index contributed by atoms with van der Waals surface area (Å²) in [6, 6.07) is 10.2. The van der Waals surface area contributed by atoms with E-state index >= 15 is 0 Å². The van der Waals surface area contributed by atoms with Gasteiger partial charge in [0, 0.05) is 11.4 Å². The van der Waals surface area contributed by atoms with Crippen LogP contribution in [0.25, 0.3) is 0 Å². The molecular weight excluding hydrogens is 462 g/mol. The fourth-order valence-electron chi connectivity index (χ4n) is 3.01. The second kappa shape index (κ2) is 12.6. The first-order valence-electron chi connectivity index (χ1n) is 10.5. The predicted octanol–water partition coefficient (Wildman–Crippen LogP) is -0.251. The highest BCUT2D eigenvalue weighted by molar-refractivity contribution is 6.30. The van der Waals surface area contributed by atoms with Gasteiger partial charge in [0.25, 0.3) is 0 Å². The standard InChI is InChI=1S/C23H28ClN5O5/c1-13(28-23(34)18(25)10-14-4-8-17(30)9-5-14)22(33)27-12-20(31)29-19(21(26)32)11-15-2-6-16(24)7-3-15/h2-9,13,18-19,30H,10-12,25H2,1H3,(H2,26,32)(H,27,33)(H,28,34)(H,29,31)/t13-,18+,19+/m1/s1. The SMILES string of the molecule is C[C@@H](NC(=O)[C@@H](N)Cc1ccc(O)cc1)C(=O)NCC(=O)N[C@@H](Cc1ccc(Cl)cc1)C(N)=O. The quantitative estimate of drug-likeness (QED) is 0.253. The fraction of sp³-hybridized carbons (Fsp3) is 0.304. The first-order chi connectivity index (χ1) is 16.0. The van der Waals surface area contributed by atoms with Gasteiger partial charge in [-0.05, 0) is 48.7 Å². The van der Waals surface area contributed by atoms with Gasteiger partial charge >= 0.3 is 0 Å². The third-order valence-corrected chi connectivity index (χ3v) is 5.19. The molecule has 182 valence electrons. The van der Waals surface area contributed by atoms with Crippen molar-refractivity contribution < 1.29 is 24.3 Å². The molecule has 0 aliphatic heterocycles. The summed E-state index contributed by atoms with van der Waals surface area (Å²) in [6.07, 6.45) is 0.378. The van der Waals surface area contributed by atoms with E-state index in [9.17, 15) is 24.3 Å². The number of phenolic OH excluding ortho intramolecular Hbond substituents is 1. The zero-order valence-electron chi connectivity index (χ0n) is 18.6. The predicted molar refractivity (Wildman–Crippen MR) is 127 cm³/mol. The number of nitrogens with two attached hydrogens (primary N) is 2. The first kappa shape index (κ1) is 26.6. The molecule has 0 radical (unpaired) electrons. The molecule has 34 heavy (non-hydrogen) atoms. The van der Waals surface area contributed by atoms with Crippen LogP contribution in [0.15, 0.2) is 48.5 Å². The summed E-state index contributed by atoms with van der Waals surface area (Å²) in [4.78, 5) is 48.5. The molecule has 0 aromatic heterocycles. The van der Waals surface area contributed by atoms with Crippen LogP contribution < -0.4 is 27.4 Å². The van der Waals surface area contributed by atoms with Crippen LogP contribution in [-0.2, 0) is 32.0 Å². The molecule has 2 aromatic rings. The van der Waals surface area contributed by atoms with Crippen molar-refractivity contribution in [2.75, 3.05) is 6.54 Å². The maximum Gasteiger partial charge on any atom is 0.242 e. The van der Waals surface area contributed by atoms with Crippen molar-refractivity contribution in [3.63, 3.8) is 0 Å². The molecule has 4 amide bonds. The van der Waals surface area contributed by atoms with E-state index in [4.69, 9.17) is 23.1 Å². The topological polar surface area (TPSA) is 177 Å². The van der Waals surface area contributed by atoms with Crippen molar-refractivity contribution in [1.82, 2.24) is 16.0 Å². The van der Waals surface area contributed by atoms with E-state index in [1.165, 1.54) is 19.1 Å². The fourth-order valence-corrected chi connectivity index (χ4v) is 3.14. The number of nitrogens with one attached hydrogen (secondary N) is 3. The van der Waals surface area contributed by atoms with Gasteiger partial charge < -0.3 is 32.5 Å². The molecule has 0 spiro atoms. The summed E-state index contributed by atoms with van der Waals surface area (Å²) < 4.78 is 0. The molecule has 2 aromatic carbocycles. The Balaban J connectivity index is 1.79. The van der Waals surface area contributed by atoms with E-state index in [0.717, 1.165) is 11.1 Å². The van der Waals surface area contributed by atoms with Gasteiger partial charge in [0.1, 0.15) is 17.8 Å². The average molecular weight is 490 g/mol. The minimum absolute atomic E-state index is 0.100. The van der Waals surface area contributed by atoms with Crippen LogP contribution in [0.5, 0.6) is 5.75 Å². The number of hydrogen-bond donors (Lipinski definition) is 6. The van der Waals surface area contributed by atoms with Gasteiger partial charge in [-0.3, -0.25) is 19.2 Å². The number of benzene rings is 2. The number of primary amides is 1. The Morgan fingerprint density at radius 1 is 0.912 bits per heavy atom. The summed E-state index contributed by atoms with van der Waals surface area (Å²) in [5.41, 5.74) is 12.8. The average Bonchev–Trinajstić information content (AvgIpc) is 2.79. The molecule has 0 aliphatic carbocycles. The van der Waals surface area contributed by atoms with Gasteiger partial charge in [-0.1, -0.05) is 35.9 Å². The summed E-state index contributed by atoms with van der Waals surface area (Å²) in [6.45, 7) is 1.04. The van der Waals surface area contributed by atoms with Gasteiger partial charge in [-0.2, -0.15) is 0 Å². The molecule has 0 saturated heterocycles. The number of carbonyl (C=O) groups excluding carboxylic acids is 4. The summed E-state index contributed by atoms with van der Waals surface area (Å²) in [5, 5.41) is 17.2. The van der Waals surface area contributed by atoms with Crippen molar-refractivity contribution in [3.8, 4) is 5.75 Å². The lowest BCUT2D eigenvalue weighted by Crippen LogP contribution is -2.53. The van der Waals surface area contributed by atoms with Gasteiger partial charge in [-0.25, -0.2) is 0 Å². The number of rotatable bonds is 11. The van der Waals surface area contributed by atoms with E-state index in [-0.39, 0.29) is 18.6 Å². The third kappa shape index (κ3) is 8.72. The van der Waals surface area contributed by atoms with Gasteiger partial charge in [0.15, 0.2) is 0 Å². The van der Waals surface area contributed by atoms with Crippen LogP contribution in [0.2, 0.25) is 5.02 Å². The molecule has 0 fully saturated rings. The zero-order valence-corrected chi connectivity index (χ0v) is 19.3. The highest BCUT2D eigenvalue weighted by Crippen LogP contribution is 2.12. The lowest BCUT2D eigenvalue weighted by atomic mass is 10.1. The Morgan fingerprint density at radius 3 is 2.06 bits per heavy atom. The van der Waals surface area contributed by atoms with E-state index in [1.807, 2.05) is 0 Å². The van der Waals surface area contributed by atoms with Crippen molar-refractivity contribution in [1.29, 1.82) is 0 Å². The Bertz CT molecular complexity index is 1010. The lowest BCUT2D eigenvalue weighted by Gasteiger charge is -2.18. The zero-order chi connectivity index (χ0) is 25.3. The largest absolute Gasteiger partial charge is 0.508 e. The molecule has 10 nitrogen and oxygen atoms in total. The van der Waals surface area contributed by atoms with E-state index in [1.54, 1.807) is 36.4 Å². The smallest absolute Gasteiger partial charge is 0.242 e. The molecule has 0 heterocycles. The van der Waals surface area contributed by atoms with Crippen LogP contribution >= 0.6 is 11.6 Å². The van der Waals surface area contributed by atoms with E-state index in [2.05, 4.69) is 16.0 Å². The second-order valence-corrected chi connectivity index (χ2v) is 8.21. The van der Waals surface area contributed by atoms with Crippen LogP contribution in [0.1, 0.15) is 18.1 Å². The molecule has 3 atom stereocenters. The first-order valence-corrected chi connectivity index (χ1v) is 10.9. The van der Waals surface area contributed by atoms with Crippen LogP contribution in [0.3, 0.4) is 0 Å². The van der Waals surface area contributed by atoms with Gasteiger partial charge in [0.05, 0.1) is 12.6 Å². The molecular formula is C23H28ClN5O5. The normalized spacial score (nSPS) is 13.3. The number of carbonyl (C=O) groups is 4. The maximum absolute atomic E-state index is 12.3. The van der Waals surface area contributed by atoms with E-state index in [0.29, 0.717) is 5.02 Å². The number of hydrogen-bond acceptors (Lipinski definition) is 6. The van der Waals surface area contributed by atoms with Crippen molar-refractivity contribution in [3.05, 3.63) is 64.7 Å². The molecule has 0 unspecified atom stereocenters. The summed E-state index contributed by atoms with van der Waals surface area (Å²) in [5.74, 6) is -2.39. The molecule has 8 N–H and O–H groups in total. The van der Waals surface area contributed by atoms with Crippen molar-refractivity contribution >= 4 is 35.2 Å². The van der Waals surface area contributed by atoms with E-state index < -0.39 is 48.3 Å². The Hall–Kier alpha value is -3.63. The summed E-state index contributed by atoms with van der Waals surface area (Å²) in [7, 11) is 0.